The van der Waals surface area contributed by atoms with Crippen molar-refractivity contribution in [2.75, 3.05) is 55.7 Å². The molecule has 2 aromatic rings. The summed E-state index contributed by atoms with van der Waals surface area (Å²) in [5.74, 6) is 1.83. The fraction of sp³-hybridized carbons (Fsp3) is 0.500. The van der Waals surface area contributed by atoms with Crippen molar-refractivity contribution < 1.29 is 9.53 Å². The molecule has 0 bridgehead atoms. The summed E-state index contributed by atoms with van der Waals surface area (Å²) in [5, 5.41) is 0.632. The summed E-state index contributed by atoms with van der Waals surface area (Å²) in [6.07, 6.45) is 3.13. The molecule has 0 spiro atoms. The van der Waals surface area contributed by atoms with Crippen LogP contribution in [0.3, 0.4) is 0 Å². The molecule has 2 fully saturated rings. The van der Waals surface area contributed by atoms with E-state index in [9.17, 15) is 4.79 Å². The lowest BCUT2D eigenvalue weighted by Gasteiger charge is -2.35. The minimum Gasteiger partial charge on any atom is -0.378 e. The molecule has 1 aromatic carbocycles. The van der Waals surface area contributed by atoms with E-state index in [0.29, 0.717) is 36.9 Å². The number of anilines is 2. The average molecular weight is 428 g/mol. The summed E-state index contributed by atoms with van der Waals surface area (Å²) in [6, 6.07) is 7.10. The molecule has 1 aromatic heterocycles. The molecule has 5 rings (SSSR count). The molecule has 3 aliphatic rings. The number of aromatic nitrogens is 2. The largest absolute Gasteiger partial charge is 0.378 e. The van der Waals surface area contributed by atoms with Gasteiger partial charge in [0.05, 0.1) is 25.5 Å². The normalized spacial score (nSPS) is 19.2. The van der Waals surface area contributed by atoms with Crippen molar-refractivity contribution >= 4 is 29.3 Å². The minimum absolute atomic E-state index is 0.0221. The van der Waals surface area contributed by atoms with Crippen molar-refractivity contribution in [2.24, 2.45) is 0 Å². The van der Waals surface area contributed by atoms with E-state index in [0.717, 1.165) is 55.6 Å². The van der Waals surface area contributed by atoms with Crippen LogP contribution in [0.4, 0.5) is 11.8 Å². The van der Waals surface area contributed by atoms with E-state index in [1.807, 2.05) is 4.90 Å². The van der Waals surface area contributed by atoms with Crippen LogP contribution in [0.1, 0.15) is 34.5 Å². The molecule has 0 aliphatic carbocycles. The molecule has 0 atom stereocenters. The van der Waals surface area contributed by atoms with Crippen molar-refractivity contribution in [3.05, 3.63) is 46.1 Å². The van der Waals surface area contributed by atoms with Gasteiger partial charge in [0, 0.05) is 55.3 Å². The topological polar surface area (TPSA) is 61.8 Å². The molecule has 7 nitrogen and oxygen atoms in total. The van der Waals surface area contributed by atoms with Crippen molar-refractivity contribution in [2.45, 2.75) is 25.8 Å². The van der Waals surface area contributed by atoms with Crippen molar-refractivity contribution in [1.29, 1.82) is 0 Å². The standard InChI is InChI=1S/C22H26ClN5O2/c23-17-5-3-16(4-6-17)21(29)28-10-7-19-18(15-28)20(26-11-13-30-14-12-26)25-22(24-19)27-8-1-2-9-27/h3-6H,1-2,7-15H2. The molecule has 0 saturated carbocycles. The number of hydrogen-bond acceptors (Lipinski definition) is 6. The van der Waals surface area contributed by atoms with E-state index in [-0.39, 0.29) is 5.91 Å². The molecule has 0 N–H and O–H groups in total. The van der Waals surface area contributed by atoms with Gasteiger partial charge in [-0.2, -0.15) is 4.98 Å². The second-order valence-corrected chi connectivity index (χ2v) is 8.49. The van der Waals surface area contributed by atoms with E-state index in [1.165, 1.54) is 12.8 Å². The third-order valence-corrected chi connectivity index (χ3v) is 6.36. The van der Waals surface area contributed by atoms with Crippen LogP contribution in [0.5, 0.6) is 0 Å². The van der Waals surface area contributed by atoms with Gasteiger partial charge in [0.15, 0.2) is 0 Å². The van der Waals surface area contributed by atoms with Gasteiger partial charge in [0.2, 0.25) is 5.95 Å². The number of benzene rings is 1. The molecule has 3 aliphatic heterocycles. The maximum atomic E-state index is 13.1. The van der Waals surface area contributed by atoms with Crippen LogP contribution >= 0.6 is 11.6 Å². The lowest BCUT2D eigenvalue weighted by molar-refractivity contribution is 0.0733. The van der Waals surface area contributed by atoms with Gasteiger partial charge in [-0.05, 0) is 37.1 Å². The Morgan fingerprint density at radius 3 is 2.40 bits per heavy atom. The maximum absolute atomic E-state index is 13.1. The van der Waals surface area contributed by atoms with E-state index in [4.69, 9.17) is 26.3 Å². The third kappa shape index (κ3) is 3.84. The predicted molar refractivity (Wildman–Crippen MR) is 116 cm³/mol. The second kappa shape index (κ2) is 8.40. The molecule has 2 saturated heterocycles. The Labute approximate surface area is 181 Å². The van der Waals surface area contributed by atoms with Gasteiger partial charge in [0.25, 0.3) is 5.91 Å². The molecular weight excluding hydrogens is 402 g/mol. The fourth-order valence-electron chi connectivity index (χ4n) is 4.43. The first kappa shape index (κ1) is 19.6. The first-order chi connectivity index (χ1) is 14.7. The maximum Gasteiger partial charge on any atom is 0.254 e. The minimum atomic E-state index is 0.0221. The van der Waals surface area contributed by atoms with Crippen LogP contribution in [-0.2, 0) is 17.7 Å². The first-order valence-electron chi connectivity index (χ1n) is 10.7. The van der Waals surface area contributed by atoms with Crippen LogP contribution < -0.4 is 9.80 Å². The van der Waals surface area contributed by atoms with Crippen LogP contribution in [-0.4, -0.2) is 66.7 Å². The SMILES string of the molecule is O=C(c1ccc(Cl)cc1)N1CCc2nc(N3CCCC3)nc(N3CCOCC3)c2C1. The van der Waals surface area contributed by atoms with Gasteiger partial charge in [0.1, 0.15) is 5.82 Å². The van der Waals surface area contributed by atoms with Gasteiger partial charge < -0.3 is 19.4 Å². The summed E-state index contributed by atoms with van der Waals surface area (Å²) in [7, 11) is 0. The summed E-state index contributed by atoms with van der Waals surface area (Å²) in [5.41, 5.74) is 2.81. The molecule has 30 heavy (non-hydrogen) atoms. The van der Waals surface area contributed by atoms with E-state index >= 15 is 0 Å². The Balaban J connectivity index is 1.47. The third-order valence-electron chi connectivity index (χ3n) is 6.10. The number of hydrogen-bond donors (Lipinski definition) is 0. The molecule has 8 heteroatoms. The molecule has 0 radical (unpaired) electrons. The summed E-state index contributed by atoms with van der Waals surface area (Å²) in [4.78, 5) is 29.5. The molecular formula is C22H26ClN5O2. The lowest BCUT2D eigenvalue weighted by Crippen LogP contribution is -2.41. The van der Waals surface area contributed by atoms with Gasteiger partial charge in [-0.3, -0.25) is 4.79 Å². The van der Waals surface area contributed by atoms with Crippen LogP contribution in [0.2, 0.25) is 5.02 Å². The highest BCUT2D eigenvalue weighted by molar-refractivity contribution is 6.30. The number of rotatable bonds is 3. The zero-order valence-corrected chi connectivity index (χ0v) is 17.8. The average Bonchev–Trinajstić information content (AvgIpc) is 3.34. The zero-order chi connectivity index (χ0) is 20.5. The number of morpholine rings is 1. The van der Waals surface area contributed by atoms with Crippen LogP contribution in [0.15, 0.2) is 24.3 Å². The monoisotopic (exact) mass is 427 g/mol. The number of halogens is 1. The Morgan fingerprint density at radius 2 is 1.67 bits per heavy atom. The summed E-state index contributed by atoms with van der Waals surface area (Å²) < 4.78 is 5.55. The van der Waals surface area contributed by atoms with Crippen molar-refractivity contribution in [3.63, 3.8) is 0 Å². The Kier molecular flexibility index (Phi) is 5.48. The summed E-state index contributed by atoms with van der Waals surface area (Å²) >= 11 is 5.98. The number of carbonyl (C=O) groups is 1. The fourth-order valence-corrected chi connectivity index (χ4v) is 4.55. The van der Waals surface area contributed by atoms with Gasteiger partial charge >= 0.3 is 0 Å². The number of nitrogens with zero attached hydrogens (tertiary/aromatic N) is 5. The van der Waals surface area contributed by atoms with Crippen molar-refractivity contribution in [3.8, 4) is 0 Å². The Morgan fingerprint density at radius 1 is 0.933 bits per heavy atom. The summed E-state index contributed by atoms with van der Waals surface area (Å²) in [6.45, 7) is 6.25. The number of fused-ring (bicyclic) bond motifs is 1. The zero-order valence-electron chi connectivity index (χ0n) is 17.0. The Bertz CT molecular complexity index is 924. The number of amides is 1. The highest BCUT2D eigenvalue weighted by atomic mass is 35.5. The van der Waals surface area contributed by atoms with Gasteiger partial charge in [-0.15, -0.1) is 0 Å². The number of ether oxygens (including phenoxy) is 1. The number of carbonyl (C=O) groups excluding carboxylic acids is 1. The Hall–Kier alpha value is -2.38. The van der Waals surface area contributed by atoms with E-state index in [2.05, 4.69) is 9.80 Å². The highest BCUT2D eigenvalue weighted by Gasteiger charge is 2.30. The van der Waals surface area contributed by atoms with E-state index in [1.54, 1.807) is 24.3 Å². The smallest absolute Gasteiger partial charge is 0.254 e. The first-order valence-corrected chi connectivity index (χ1v) is 11.1. The van der Waals surface area contributed by atoms with Gasteiger partial charge in [-0.25, -0.2) is 4.98 Å². The lowest BCUT2D eigenvalue weighted by atomic mass is 10.0. The van der Waals surface area contributed by atoms with E-state index < -0.39 is 0 Å². The molecule has 158 valence electrons. The van der Waals surface area contributed by atoms with Crippen molar-refractivity contribution in [1.82, 2.24) is 14.9 Å². The predicted octanol–water partition coefficient (Wildman–Crippen LogP) is 2.77. The quantitative estimate of drug-likeness (QED) is 0.750. The highest BCUT2D eigenvalue weighted by Crippen LogP contribution is 2.31. The second-order valence-electron chi connectivity index (χ2n) is 8.05. The molecule has 0 unspecified atom stereocenters. The molecule has 1 amide bonds. The molecule has 4 heterocycles. The van der Waals surface area contributed by atoms with Crippen LogP contribution in [0, 0.1) is 0 Å². The van der Waals surface area contributed by atoms with Gasteiger partial charge in [-0.1, -0.05) is 11.6 Å². The van der Waals surface area contributed by atoms with Crippen LogP contribution in [0.25, 0.3) is 0 Å².